The number of fused-ring (bicyclic) bond motifs is 1. The Labute approximate surface area is 194 Å². The van der Waals surface area contributed by atoms with E-state index in [1.165, 1.54) is 22.4 Å². The van der Waals surface area contributed by atoms with E-state index in [0.717, 1.165) is 29.1 Å². The Bertz CT molecular complexity index is 1190. The van der Waals surface area contributed by atoms with E-state index in [4.69, 9.17) is 5.84 Å². The van der Waals surface area contributed by atoms with E-state index in [1.807, 2.05) is 17.1 Å². The van der Waals surface area contributed by atoms with Gasteiger partial charge in [-0.05, 0) is 24.6 Å². The molecule has 1 saturated heterocycles. The quantitative estimate of drug-likeness (QED) is 0.457. The summed E-state index contributed by atoms with van der Waals surface area (Å²) in [4.78, 5) is 34.6. The Morgan fingerprint density at radius 2 is 2.12 bits per heavy atom. The topological polar surface area (TPSA) is 119 Å². The standard InChI is InChI=1S/C22H22N8O2S/c1-2-18(31)28-9-7-16(12-28)30-17-11-24-13-29(23)20(17)19(27-30)14-3-5-15(6-4-14)21(32)26-22-25-8-10-33-22/h2-6,8,10-11,13,16,27H,1,7,9,12,23H2,(H,25,26,32)/t16-/m1/s1. The summed E-state index contributed by atoms with van der Waals surface area (Å²) in [5.41, 5.74) is 7.25. The Kier molecular flexibility index (Phi) is 5.40. The molecular formula is C22H22N8O2S. The number of nitrogens with zero attached hydrogens (tertiary/aromatic N) is 5. The fourth-order valence-corrected chi connectivity index (χ4v) is 4.63. The van der Waals surface area contributed by atoms with Crippen molar-refractivity contribution in [3.05, 3.63) is 77.2 Å². The summed E-state index contributed by atoms with van der Waals surface area (Å²) in [6.07, 6.45) is 7.08. The summed E-state index contributed by atoms with van der Waals surface area (Å²) in [5, 5.41) is 8.63. The van der Waals surface area contributed by atoms with E-state index in [9.17, 15) is 9.59 Å². The molecule has 1 aromatic carbocycles. The van der Waals surface area contributed by atoms with E-state index in [-0.39, 0.29) is 17.9 Å². The minimum Gasteiger partial charge on any atom is -0.337 e. The van der Waals surface area contributed by atoms with Crippen molar-refractivity contribution in [1.29, 1.82) is 0 Å². The Balaban J connectivity index is 1.38. The molecule has 10 nitrogen and oxygen atoms in total. The predicted octanol–water partition coefficient (Wildman–Crippen LogP) is 1.73. The van der Waals surface area contributed by atoms with Crippen LogP contribution >= 0.6 is 11.3 Å². The first-order valence-corrected chi connectivity index (χ1v) is 11.2. The molecule has 1 atom stereocenters. The lowest BCUT2D eigenvalue weighted by atomic mass is 10.1. The lowest BCUT2D eigenvalue weighted by Crippen LogP contribution is -2.43. The van der Waals surface area contributed by atoms with E-state index in [2.05, 4.69) is 27.3 Å². The van der Waals surface area contributed by atoms with Gasteiger partial charge in [-0.15, -0.1) is 11.3 Å². The molecule has 0 bridgehead atoms. The highest BCUT2D eigenvalue weighted by molar-refractivity contribution is 7.13. The fourth-order valence-electron chi connectivity index (χ4n) is 4.11. The number of anilines is 1. The first kappa shape index (κ1) is 20.9. The number of hydrogen-bond donors (Lipinski definition) is 3. The van der Waals surface area contributed by atoms with Crippen molar-refractivity contribution in [2.75, 3.05) is 18.4 Å². The molecule has 0 unspecified atom stereocenters. The molecule has 0 saturated carbocycles. The maximum atomic E-state index is 12.5. The predicted molar refractivity (Wildman–Crippen MR) is 126 cm³/mol. The lowest BCUT2D eigenvalue weighted by molar-refractivity contribution is -0.125. The van der Waals surface area contributed by atoms with Gasteiger partial charge in [0.2, 0.25) is 5.91 Å². The van der Waals surface area contributed by atoms with Gasteiger partial charge in [0.05, 0.1) is 17.9 Å². The highest BCUT2D eigenvalue weighted by Gasteiger charge is 2.39. The SMILES string of the molecule is C=CC(=O)N1CC[C@@H](N2NC(c3ccc(C(=O)Nc4nccs4)cc3)=C3C2=CN=CN3N)C1. The maximum absolute atomic E-state index is 12.5. The number of amides is 2. The second kappa shape index (κ2) is 8.52. The van der Waals surface area contributed by atoms with Crippen LogP contribution in [0.3, 0.4) is 0 Å². The largest absolute Gasteiger partial charge is 0.337 e. The maximum Gasteiger partial charge on any atom is 0.257 e. The normalized spacial score (nSPS) is 19.4. The zero-order chi connectivity index (χ0) is 22.9. The second-order valence-corrected chi connectivity index (χ2v) is 8.59. The van der Waals surface area contributed by atoms with Gasteiger partial charge < -0.3 is 4.90 Å². The van der Waals surface area contributed by atoms with Crippen molar-refractivity contribution in [3.8, 4) is 0 Å². The average molecular weight is 463 g/mol. The molecule has 5 rings (SSSR count). The molecule has 4 heterocycles. The minimum atomic E-state index is -0.223. The Morgan fingerprint density at radius 1 is 1.30 bits per heavy atom. The summed E-state index contributed by atoms with van der Waals surface area (Å²) in [5.74, 6) is 5.93. The molecule has 3 aliphatic rings. The molecule has 2 amide bonds. The van der Waals surface area contributed by atoms with Gasteiger partial charge in [-0.2, -0.15) is 0 Å². The number of likely N-dealkylation sites (tertiary alicyclic amines) is 1. The summed E-state index contributed by atoms with van der Waals surface area (Å²) in [6.45, 7) is 4.81. The van der Waals surface area contributed by atoms with Gasteiger partial charge in [0.1, 0.15) is 17.7 Å². The number of carbonyl (C=O) groups is 2. The van der Waals surface area contributed by atoms with Crippen molar-refractivity contribution in [1.82, 2.24) is 25.3 Å². The molecule has 33 heavy (non-hydrogen) atoms. The summed E-state index contributed by atoms with van der Waals surface area (Å²) >= 11 is 1.36. The number of aliphatic imine (C=N–C) groups is 1. The average Bonchev–Trinajstić information content (AvgIpc) is 3.59. The molecule has 4 N–H and O–H groups in total. The van der Waals surface area contributed by atoms with Crippen LogP contribution in [-0.2, 0) is 4.79 Å². The third-order valence-corrected chi connectivity index (χ3v) is 6.41. The number of nitrogens with one attached hydrogen (secondary N) is 2. The van der Waals surface area contributed by atoms with Crippen molar-refractivity contribution in [2.45, 2.75) is 12.5 Å². The van der Waals surface area contributed by atoms with Crippen LogP contribution in [0.2, 0.25) is 0 Å². The van der Waals surface area contributed by atoms with E-state index in [0.29, 0.717) is 23.8 Å². The minimum absolute atomic E-state index is 0.0534. The van der Waals surface area contributed by atoms with Crippen LogP contribution in [0.1, 0.15) is 22.3 Å². The molecular weight excluding hydrogens is 440 g/mol. The van der Waals surface area contributed by atoms with Gasteiger partial charge in [-0.3, -0.25) is 30.3 Å². The summed E-state index contributed by atoms with van der Waals surface area (Å²) in [6, 6.07) is 7.32. The number of rotatable bonds is 5. The summed E-state index contributed by atoms with van der Waals surface area (Å²) < 4.78 is 0. The molecule has 2 aromatic rings. The molecule has 1 fully saturated rings. The van der Waals surface area contributed by atoms with E-state index in [1.54, 1.807) is 41.1 Å². The number of hydrazine groups is 2. The lowest BCUT2D eigenvalue weighted by Gasteiger charge is -2.30. The van der Waals surface area contributed by atoms with Crippen LogP contribution < -0.4 is 16.6 Å². The number of carbonyl (C=O) groups excluding carboxylic acids is 2. The summed E-state index contributed by atoms with van der Waals surface area (Å²) in [7, 11) is 0. The van der Waals surface area contributed by atoms with Crippen LogP contribution in [0.15, 0.2) is 71.1 Å². The Morgan fingerprint density at radius 3 is 2.85 bits per heavy atom. The number of aromatic nitrogens is 1. The molecule has 168 valence electrons. The van der Waals surface area contributed by atoms with E-state index >= 15 is 0 Å². The van der Waals surface area contributed by atoms with E-state index < -0.39 is 0 Å². The number of nitrogens with two attached hydrogens (primary N) is 1. The number of thiazole rings is 1. The van der Waals surface area contributed by atoms with Gasteiger partial charge in [0.15, 0.2) is 5.13 Å². The Hall–Kier alpha value is -3.96. The zero-order valence-corrected chi connectivity index (χ0v) is 18.5. The fraction of sp³-hybridized carbons (Fsp3) is 0.182. The number of benzene rings is 1. The van der Waals surface area contributed by atoms with Crippen molar-refractivity contribution >= 4 is 40.3 Å². The monoisotopic (exact) mass is 462 g/mol. The van der Waals surface area contributed by atoms with Crippen LogP contribution in [0.4, 0.5) is 5.13 Å². The molecule has 11 heteroatoms. The number of hydrogen-bond acceptors (Lipinski definition) is 9. The molecule has 1 aromatic heterocycles. The highest BCUT2D eigenvalue weighted by atomic mass is 32.1. The van der Waals surface area contributed by atoms with Gasteiger partial charge in [-0.25, -0.2) is 15.8 Å². The highest BCUT2D eigenvalue weighted by Crippen LogP contribution is 2.36. The third-order valence-electron chi connectivity index (χ3n) is 5.72. The van der Waals surface area contributed by atoms with Crippen LogP contribution in [-0.4, -0.2) is 57.2 Å². The molecule has 0 spiro atoms. The van der Waals surface area contributed by atoms with Crippen molar-refractivity contribution < 1.29 is 9.59 Å². The zero-order valence-electron chi connectivity index (χ0n) is 17.6. The first-order valence-electron chi connectivity index (χ1n) is 10.4. The van der Waals surface area contributed by atoms with Gasteiger partial charge >= 0.3 is 0 Å². The van der Waals surface area contributed by atoms with Gasteiger partial charge in [-0.1, -0.05) is 18.7 Å². The third kappa shape index (κ3) is 3.88. The van der Waals surface area contributed by atoms with Gasteiger partial charge in [0.25, 0.3) is 5.91 Å². The first-order chi connectivity index (χ1) is 16.0. The van der Waals surface area contributed by atoms with Crippen molar-refractivity contribution in [3.63, 3.8) is 0 Å². The molecule has 3 aliphatic heterocycles. The van der Waals surface area contributed by atoms with Crippen LogP contribution in [0.5, 0.6) is 0 Å². The van der Waals surface area contributed by atoms with Crippen molar-refractivity contribution in [2.24, 2.45) is 10.8 Å². The molecule has 0 aliphatic carbocycles. The smallest absolute Gasteiger partial charge is 0.257 e. The second-order valence-electron chi connectivity index (χ2n) is 7.69. The van der Waals surface area contributed by atoms with Crippen LogP contribution in [0, 0.1) is 0 Å². The molecule has 0 radical (unpaired) electrons. The van der Waals surface area contributed by atoms with Gasteiger partial charge in [0, 0.05) is 35.8 Å². The van der Waals surface area contributed by atoms with Crippen LogP contribution in [0.25, 0.3) is 5.70 Å².